The number of alkyl halides is 19. The molecule has 0 aromatic rings. The Morgan fingerprint density at radius 1 is 0.632 bits per heavy atom. The molecule has 0 N–H and O–H groups in total. The maximum absolute atomic E-state index is 13.5. The van der Waals surface area contributed by atoms with Crippen LogP contribution >= 0.6 is 0 Å². The number of rotatable bonds is 12. The van der Waals surface area contributed by atoms with Gasteiger partial charge in [-0.05, 0) is 6.08 Å². The Morgan fingerprint density at radius 3 is 1.45 bits per heavy atom. The summed E-state index contributed by atoms with van der Waals surface area (Å²) in [6, 6.07) is 0. The summed E-state index contributed by atoms with van der Waals surface area (Å²) in [5, 5.41) is 0. The van der Waals surface area contributed by atoms with E-state index >= 15 is 0 Å². The Balaban J connectivity index is 5.19. The average Bonchev–Trinajstić information content (AvgIpc) is 2.66. The van der Waals surface area contributed by atoms with Crippen molar-refractivity contribution in [3.8, 4) is 0 Å². The molecule has 0 aliphatic rings. The molecule has 0 amide bonds. The lowest BCUT2D eigenvalue weighted by Gasteiger charge is -2.39. The fraction of sp³-hybridized carbons (Fsp3) is 0.800. The highest BCUT2D eigenvalue weighted by Crippen LogP contribution is 2.60. The van der Waals surface area contributed by atoms with Crippen molar-refractivity contribution in [2.45, 2.75) is 60.7 Å². The van der Waals surface area contributed by atoms with Crippen molar-refractivity contribution in [3.05, 3.63) is 12.2 Å². The van der Waals surface area contributed by atoms with Crippen LogP contribution in [0.25, 0.3) is 0 Å². The van der Waals surface area contributed by atoms with E-state index in [1.54, 1.807) is 0 Å². The summed E-state index contributed by atoms with van der Waals surface area (Å²) in [6.07, 6.45) is -26.9. The van der Waals surface area contributed by atoms with E-state index in [2.05, 4.69) is 14.5 Å². The van der Waals surface area contributed by atoms with Crippen LogP contribution in [0.5, 0.6) is 0 Å². The molecule has 0 heterocycles. The fourth-order valence-electron chi connectivity index (χ4n) is 1.87. The molecule has 0 radical (unpaired) electrons. The Bertz CT molecular complexity index is 809. The maximum atomic E-state index is 13.5. The monoisotopic (exact) mass is 614 g/mol. The van der Waals surface area contributed by atoms with Gasteiger partial charge in [0.15, 0.2) is 0 Å². The smallest absolute Gasteiger partial charge is 0.460 e. The highest BCUT2D eigenvalue weighted by Gasteiger charge is 2.90. The lowest BCUT2D eigenvalue weighted by Crippen LogP contribution is -2.70. The van der Waals surface area contributed by atoms with Crippen molar-refractivity contribution in [2.75, 3.05) is 13.2 Å². The second-order valence-corrected chi connectivity index (χ2v) is 6.66. The van der Waals surface area contributed by atoms with Gasteiger partial charge < -0.3 is 4.74 Å². The largest absolute Gasteiger partial charge is 0.462 e. The van der Waals surface area contributed by atoms with Crippen LogP contribution in [-0.4, -0.2) is 73.4 Å². The number of carbonyl (C=O) groups is 1. The Hall–Kier alpha value is -2.20. The van der Waals surface area contributed by atoms with Crippen molar-refractivity contribution < 1.29 is 103 Å². The van der Waals surface area contributed by atoms with E-state index in [4.69, 9.17) is 0 Å². The summed E-state index contributed by atoms with van der Waals surface area (Å²) in [7, 11) is 0. The van der Waals surface area contributed by atoms with E-state index in [0.717, 1.165) is 0 Å². The van der Waals surface area contributed by atoms with Crippen LogP contribution < -0.4 is 0 Å². The lowest BCUT2D eigenvalue weighted by molar-refractivity contribution is -0.440. The van der Waals surface area contributed by atoms with E-state index in [1.807, 2.05) is 0 Å². The van der Waals surface area contributed by atoms with E-state index in [1.165, 1.54) is 0 Å². The van der Waals surface area contributed by atoms with Crippen molar-refractivity contribution in [1.82, 2.24) is 0 Å². The molecule has 38 heavy (non-hydrogen) atoms. The summed E-state index contributed by atoms with van der Waals surface area (Å²) in [4.78, 5) is 17.6. The van der Waals surface area contributed by atoms with E-state index in [9.17, 15) is 88.2 Å². The second-order valence-electron chi connectivity index (χ2n) is 6.66. The van der Waals surface area contributed by atoms with Gasteiger partial charge in [0.2, 0.25) is 0 Å². The van der Waals surface area contributed by atoms with Crippen LogP contribution in [0.1, 0.15) is 6.42 Å². The zero-order valence-electron chi connectivity index (χ0n) is 17.2. The van der Waals surface area contributed by atoms with Gasteiger partial charge in [-0.25, -0.2) is 14.6 Å². The zero-order valence-corrected chi connectivity index (χ0v) is 17.2. The van der Waals surface area contributed by atoms with Gasteiger partial charge in [0.05, 0.1) is 13.0 Å². The Labute approximate surface area is 196 Å². The molecule has 0 bridgehead atoms. The molecular formula is C15H9F19O4. The Kier molecular flexibility index (Phi) is 10.5. The van der Waals surface area contributed by atoms with Gasteiger partial charge in [-0.2, -0.15) is 83.4 Å². The van der Waals surface area contributed by atoms with Crippen LogP contribution in [0.2, 0.25) is 0 Å². The standard InChI is InChI=1S/C15H9F19O4/c16-8(17,11(24,25)12(26,27)13(28,29)14(30,31)15(32,33)34)3-5-36-6(35)2-1-4-37-38-7(9(18,19)20)10(21,22)23/h1-2,7H,3-5H2/b2-1+. The quantitative estimate of drug-likeness (QED) is 0.0617. The van der Waals surface area contributed by atoms with Crippen LogP contribution in [0.3, 0.4) is 0 Å². The van der Waals surface area contributed by atoms with Crippen molar-refractivity contribution >= 4 is 5.97 Å². The van der Waals surface area contributed by atoms with E-state index < -0.39 is 79.8 Å². The lowest BCUT2D eigenvalue weighted by atomic mass is 9.93. The molecule has 23 heteroatoms. The van der Waals surface area contributed by atoms with Crippen LogP contribution in [0.4, 0.5) is 83.4 Å². The first-order valence-electron chi connectivity index (χ1n) is 8.69. The van der Waals surface area contributed by atoms with Crippen LogP contribution in [0.15, 0.2) is 12.2 Å². The third-order valence-electron chi connectivity index (χ3n) is 3.84. The first kappa shape index (κ1) is 35.8. The SMILES string of the molecule is O=C(/C=C/COOC(C(F)(F)F)C(F)(F)F)OCCC(F)(F)C(F)(F)C(F)(F)C(F)(F)C(F)(F)C(F)(F)F. The minimum absolute atomic E-state index is 0.0531. The van der Waals surface area contributed by atoms with Crippen molar-refractivity contribution in [2.24, 2.45) is 0 Å². The molecule has 0 spiro atoms. The van der Waals surface area contributed by atoms with Gasteiger partial charge in [0.25, 0.3) is 6.10 Å². The molecule has 0 aromatic carbocycles. The molecule has 226 valence electrons. The number of esters is 1. The predicted octanol–water partition coefficient (Wildman–Crippen LogP) is 6.66. The van der Waals surface area contributed by atoms with Gasteiger partial charge in [-0.1, -0.05) is 0 Å². The summed E-state index contributed by atoms with van der Waals surface area (Å²) in [5.41, 5.74) is 0. The molecule has 0 aliphatic heterocycles. The second kappa shape index (κ2) is 11.1. The third-order valence-corrected chi connectivity index (χ3v) is 3.84. The summed E-state index contributed by atoms with van der Waals surface area (Å²) < 4.78 is 244. The van der Waals surface area contributed by atoms with Crippen LogP contribution in [-0.2, 0) is 19.3 Å². The number of hydrogen-bond donors (Lipinski definition) is 0. The van der Waals surface area contributed by atoms with Crippen molar-refractivity contribution in [1.29, 1.82) is 0 Å². The van der Waals surface area contributed by atoms with E-state index in [-0.39, 0.29) is 12.2 Å². The fourth-order valence-corrected chi connectivity index (χ4v) is 1.87. The zero-order chi connectivity index (χ0) is 30.8. The molecule has 0 aliphatic carbocycles. The summed E-state index contributed by atoms with van der Waals surface area (Å²) in [5.74, 6) is -40.2. The molecule has 0 saturated heterocycles. The molecule has 0 aromatic heterocycles. The average molecular weight is 614 g/mol. The van der Waals surface area contributed by atoms with E-state index in [0.29, 0.717) is 0 Å². The molecule has 0 saturated carbocycles. The number of carbonyl (C=O) groups excluding carboxylic acids is 1. The number of hydrogen-bond acceptors (Lipinski definition) is 4. The van der Waals surface area contributed by atoms with Gasteiger partial charge in [0, 0.05) is 6.08 Å². The van der Waals surface area contributed by atoms with Gasteiger partial charge in [0.1, 0.15) is 6.61 Å². The maximum Gasteiger partial charge on any atom is 0.460 e. The van der Waals surface area contributed by atoms with Gasteiger partial charge in [-0.3, -0.25) is 0 Å². The number of halogens is 19. The van der Waals surface area contributed by atoms with Crippen LogP contribution in [0, 0.1) is 0 Å². The predicted molar refractivity (Wildman–Crippen MR) is 78.4 cm³/mol. The van der Waals surface area contributed by atoms with Gasteiger partial charge >= 0.3 is 54.1 Å². The van der Waals surface area contributed by atoms with Crippen molar-refractivity contribution in [3.63, 3.8) is 0 Å². The normalized spacial score (nSPS) is 15.5. The molecular weight excluding hydrogens is 605 g/mol. The molecule has 0 unspecified atom stereocenters. The minimum atomic E-state index is -8.12. The summed E-state index contributed by atoms with van der Waals surface area (Å²) >= 11 is 0. The first-order valence-corrected chi connectivity index (χ1v) is 8.69. The third kappa shape index (κ3) is 7.46. The topological polar surface area (TPSA) is 44.8 Å². The summed E-state index contributed by atoms with van der Waals surface area (Å²) in [6.45, 7) is -3.55. The molecule has 0 atom stereocenters. The minimum Gasteiger partial charge on any atom is -0.462 e. The molecule has 4 nitrogen and oxygen atoms in total. The molecule has 0 rings (SSSR count). The first-order chi connectivity index (χ1) is 16.5. The molecule has 0 fully saturated rings. The highest BCUT2D eigenvalue weighted by molar-refractivity contribution is 5.81. The Morgan fingerprint density at radius 2 is 1.05 bits per heavy atom. The number of ether oxygens (including phenoxy) is 1. The van der Waals surface area contributed by atoms with Gasteiger partial charge in [-0.15, -0.1) is 0 Å². The highest BCUT2D eigenvalue weighted by atomic mass is 19.4.